The summed E-state index contributed by atoms with van der Waals surface area (Å²) < 4.78 is 6.41. The molecule has 4 heteroatoms. The summed E-state index contributed by atoms with van der Waals surface area (Å²) in [5.41, 5.74) is 1.48. The van der Waals surface area contributed by atoms with Crippen LogP contribution in [0.25, 0.3) is 0 Å². The Morgan fingerprint density at radius 1 is 1.20 bits per heavy atom. The topological polar surface area (TPSA) is 29.5 Å². The van der Waals surface area contributed by atoms with Crippen molar-refractivity contribution in [1.82, 2.24) is 0 Å². The van der Waals surface area contributed by atoms with E-state index in [0.717, 1.165) is 22.2 Å². The van der Waals surface area contributed by atoms with Gasteiger partial charge in [-0.15, -0.1) is 0 Å². The van der Waals surface area contributed by atoms with Crippen molar-refractivity contribution in [2.45, 2.75) is 19.4 Å². The number of hydrogen-bond acceptors (Lipinski definition) is 2. The first-order valence-corrected chi connectivity index (χ1v) is 7.64. The quantitative estimate of drug-likeness (QED) is 0.820. The Morgan fingerprint density at radius 2 is 1.90 bits per heavy atom. The van der Waals surface area contributed by atoms with Crippen LogP contribution in [0, 0.1) is 0 Å². The van der Waals surface area contributed by atoms with E-state index in [9.17, 15) is 5.11 Å². The molecule has 1 atom stereocenters. The zero-order valence-electron chi connectivity index (χ0n) is 11.1. The summed E-state index contributed by atoms with van der Waals surface area (Å²) in [5.74, 6) is 0.810. The lowest BCUT2D eigenvalue weighted by atomic mass is 10.0. The van der Waals surface area contributed by atoms with Crippen LogP contribution in [-0.2, 0) is 0 Å². The van der Waals surface area contributed by atoms with Crippen LogP contribution >= 0.6 is 27.5 Å². The molecule has 1 unspecified atom stereocenters. The van der Waals surface area contributed by atoms with Gasteiger partial charge in [0.25, 0.3) is 0 Å². The van der Waals surface area contributed by atoms with Gasteiger partial charge in [-0.1, -0.05) is 52.7 Å². The smallest absolute Gasteiger partial charge is 0.119 e. The van der Waals surface area contributed by atoms with Crippen molar-refractivity contribution < 1.29 is 9.84 Å². The Hall–Kier alpha value is -1.03. The Labute approximate surface area is 132 Å². The minimum absolute atomic E-state index is 0.540. The third-order valence-electron chi connectivity index (χ3n) is 2.93. The van der Waals surface area contributed by atoms with Gasteiger partial charge in [-0.2, -0.15) is 0 Å². The summed E-state index contributed by atoms with van der Waals surface area (Å²) in [7, 11) is 0. The van der Waals surface area contributed by atoms with Crippen molar-refractivity contribution in [1.29, 1.82) is 0 Å². The van der Waals surface area contributed by atoms with Gasteiger partial charge in [0, 0.05) is 15.1 Å². The Kier molecular flexibility index (Phi) is 5.46. The SMILES string of the molecule is CCCOc1ccc(C(O)c2ccc(Br)cc2Cl)cc1. The predicted molar refractivity (Wildman–Crippen MR) is 85.4 cm³/mol. The van der Waals surface area contributed by atoms with Crippen LogP contribution in [0.15, 0.2) is 46.9 Å². The third kappa shape index (κ3) is 3.75. The van der Waals surface area contributed by atoms with E-state index < -0.39 is 6.10 Å². The lowest BCUT2D eigenvalue weighted by Crippen LogP contribution is -2.01. The molecule has 0 bridgehead atoms. The average Bonchev–Trinajstić information content (AvgIpc) is 2.45. The van der Waals surface area contributed by atoms with E-state index in [2.05, 4.69) is 22.9 Å². The van der Waals surface area contributed by atoms with Crippen molar-refractivity contribution in [3.8, 4) is 5.75 Å². The zero-order chi connectivity index (χ0) is 14.5. The molecule has 0 radical (unpaired) electrons. The fourth-order valence-corrected chi connectivity index (χ4v) is 2.65. The molecule has 20 heavy (non-hydrogen) atoms. The molecule has 0 saturated carbocycles. The third-order valence-corrected chi connectivity index (χ3v) is 3.75. The second-order valence-corrected chi connectivity index (χ2v) is 5.81. The number of aliphatic hydroxyl groups is 1. The minimum atomic E-state index is -0.740. The molecular weight excluding hydrogens is 340 g/mol. The molecule has 2 nitrogen and oxygen atoms in total. The number of aliphatic hydroxyl groups excluding tert-OH is 1. The fraction of sp³-hybridized carbons (Fsp3) is 0.250. The van der Waals surface area contributed by atoms with Gasteiger partial charge in [0.05, 0.1) is 6.61 Å². The molecule has 106 valence electrons. The van der Waals surface area contributed by atoms with Crippen molar-refractivity contribution in [3.63, 3.8) is 0 Å². The van der Waals surface area contributed by atoms with Crippen LogP contribution in [0.3, 0.4) is 0 Å². The second-order valence-electron chi connectivity index (χ2n) is 4.49. The summed E-state index contributed by atoms with van der Waals surface area (Å²) in [5, 5.41) is 10.9. The lowest BCUT2D eigenvalue weighted by molar-refractivity contribution is 0.220. The molecule has 0 amide bonds. The maximum absolute atomic E-state index is 10.4. The van der Waals surface area contributed by atoms with Crippen molar-refractivity contribution >= 4 is 27.5 Å². The highest BCUT2D eigenvalue weighted by Crippen LogP contribution is 2.31. The number of benzene rings is 2. The molecule has 0 aliphatic carbocycles. The van der Waals surface area contributed by atoms with Crippen LogP contribution in [0.4, 0.5) is 0 Å². The molecule has 0 aliphatic rings. The lowest BCUT2D eigenvalue weighted by Gasteiger charge is -2.14. The normalized spacial score (nSPS) is 12.2. The van der Waals surface area contributed by atoms with Gasteiger partial charge in [-0.25, -0.2) is 0 Å². The van der Waals surface area contributed by atoms with Gasteiger partial charge in [-0.05, 0) is 36.2 Å². The van der Waals surface area contributed by atoms with E-state index in [-0.39, 0.29) is 0 Å². The zero-order valence-corrected chi connectivity index (χ0v) is 13.5. The highest BCUT2D eigenvalue weighted by atomic mass is 79.9. The standard InChI is InChI=1S/C16H16BrClO2/c1-2-9-20-13-6-3-11(4-7-13)16(19)14-8-5-12(17)10-15(14)18/h3-8,10,16,19H,2,9H2,1H3. The van der Waals surface area contributed by atoms with Crippen LogP contribution in [0.2, 0.25) is 5.02 Å². The van der Waals surface area contributed by atoms with Crippen molar-refractivity contribution in [3.05, 3.63) is 63.1 Å². The molecule has 1 N–H and O–H groups in total. The summed E-state index contributed by atoms with van der Waals surface area (Å²) in [6.07, 6.45) is 0.231. The Bertz CT molecular complexity index is 569. The largest absolute Gasteiger partial charge is 0.494 e. The van der Waals surface area contributed by atoms with Crippen molar-refractivity contribution in [2.24, 2.45) is 0 Å². The van der Waals surface area contributed by atoms with Gasteiger partial charge < -0.3 is 9.84 Å². The van der Waals surface area contributed by atoms with Gasteiger partial charge in [0.2, 0.25) is 0 Å². The molecule has 2 aromatic carbocycles. The summed E-state index contributed by atoms with van der Waals surface area (Å²) in [6.45, 7) is 2.76. The molecule has 0 heterocycles. The molecule has 0 aliphatic heterocycles. The predicted octanol–water partition coefficient (Wildman–Crippen LogP) is 4.97. The van der Waals surface area contributed by atoms with E-state index in [4.69, 9.17) is 16.3 Å². The monoisotopic (exact) mass is 354 g/mol. The molecule has 2 rings (SSSR count). The Morgan fingerprint density at radius 3 is 2.50 bits per heavy atom. The van der Waals surface area contributed by atoms with Crippen LogP contribution < -0.4 is 4.74 Å². The van der Waals surface area contributed by atoms with Gasteiger partial charge in [0.1, 0.15) is 11.9 Å². The summed E-state index contributed by atoms with van der Waals surface area (Å²) >= 11 is 9.51. The van der Waals surface area contributed by atoms with Crippen molar-refractivity contribution in [2.75, 3.05) is 6.61 Å². The van der Waals surface area contributed by atoms with E-state index in [1.54, 1.807) is 6.07 Å². The first-order valence-electron chi connectivity index (χ1n) is 6.47. The maximum Gasteiger partial charge on any atom is 0.119 e. The van der Waals surface area contributed by atoms with Gasteiger partial charge in [0.15, 0.2) is 0 Å². The number of ether oxygens (including phenoxy) is 1. The number of rotatable bonds is 5. The highest BCUT2D eigenvalue weighted by molar-refractivity contribution is 9.10. The highest BCUT2D eigenvalue weighted by Gasteiger charge is 2.14. The van der Waals surface area contributed by atoms with Crippen LogP contribution in [0.5, 0.6) is 5.75 Å². The van der Waals surface area contributed by atoms with E-state index in [0.29, 0.717) is 17.2 Å². The summed E-state index contributed by atoms with van der Waals surface area (Å²) in [4.78, 5) is 0. The Balaban J connectivity index is 2.18. The van der Waals surface area contributed by atoms with E-state index >= 15 is 0 Å². The molecule has 0 fully saturated rings. The molecular formula is C16H16BrClO2. The fourth-order valence-electron chi connectivity index (χ4n) is 1.87. The first kappa shape index (κ1) is 15.4. The molecule has 0 aromatic heterocycles. The van der Waals surface area contributed by atoms with E-state index in [1.807, 2.05) is 36.4 Å². The minimum Gasteiger partial charge on any atom is -0.494 e. The average molecular weight is 356 g/mol. The number of hydrogen-bond donors (Lipinski definition) is 1. The molecule has 0 spiro atoms. The number of halogens is 2. The van der Waals surface area contributed by atoms with Gasteiger partial charge in [-0.3, -0.25) is 0 Å². The first-order chi connectivity index (χ1) is 9.61. The molecule has 0 saturated heterocycles. The second kappa shape index (κ2) is 7.11. The maximum atomic E-state index is 10.4. The summed E-state index contributed by atoms with van der Waals surface area (Å²) in [6, 6.07) is 12.9. The molecule has 2 aromatic rings. The van der Waals surface area contributed by atoms with Crippen LogP contribution in [0.1, 0.15) is 30.6 Å². The van der Waals surface area contributed by atoms with Crippen LogP contribution in [-0.4, -0.2) is 11.7 Å². The van der Waals surface area contributed by atoms with Gasteiger partial charge >= 0.3 is 0 Å². The van der Waals surface area contributed by atoms with E-state index in [1.165, 1.54) is 0 Å².